The van der Waals surface area contributed by atoms with E-state index in [2.05, 4.69) is 26.6 Å². The third kappa shape index (κ3) is 17.8. The number of ether oxygens (including phenoxy) is 1. The normalized spacial score (nSPS) is 19.6. The second-order valence-corrected chi connectivity index (χ2v) is 22.7. The Morgan fingerprint density at radius 1 is 0.877 bits per heavy atom. The largest absolute Gasteiger partial charge is 0.387 e. The number of imide groups is 1. The minimum absolute atomic E-state index is 0.0345. The maximum absolute atomic E-state index is 15.2. The smallest absolute Gasteiger partial charge is 0.253 e. The molecule has 442 valence electrons. The number of epoxide rings is 1. The third-order valence-electron chi connectivity index (χ3n) is 14.9. The van der Waals surface area contributed by atoms with Crippen LogP contribution in [0, 0.1) is 28.9 Å². The van der Waals surface area contributed by atoms with Gasteiger partial charge in [0.1, 0.15) is 42.3 Å². The molecule has 3 aromatic rings. The van der Waals surface area contributed by atoms with Crippen molar-refractivity contribution in [3.05, 3.63) is 89.9 Å². The van der Waals surface area contributed by atoms with Crippen LogP contribution in [-0.4, -0.2) is 146 Å². The van der Waals surface area contributed by atoms with Gasteiger partial charge in [0.15, 0.2) is 6.29 Å². The van der Waals surface area contributed by atoms with Crippen LogP contribution in [0.4, 0.5) is 8.78 Å². The van der Waals surface area contributed by atoms with E-state index in [1.807, 2.05) is 51.1 Å². The van der Waals surface area contributed by atoms with Crippen molar-refractivity contribution in [2.24, 2.45) is 23.0 Å². The summed E-state index contributed by atoms with van der Waals surface area (Å²) in [6.07, 6.45) is 7.09. The van der Waals surface area contributed by atoms with Crippen LogP contribution in [0.5, 0.6) is 0 Å². The first-order valence-electron chi connectivity index (χ1n) is 28.0. The van der Waals surface area contributed by atoms with E-state index in [1.54, 1.807) is 24.6 Å². The molecule has 1 saturated heterocycles. The van der Waals surface area contributed by atoms with Gasteiger partial charge in [-0.1, -0.05) is 77.8 Å². The number of carbonyl (C=O) groups is 8. The summed E-state index contributed by atoms with van der Waals surface area (Å²) in [5, 5.41) is 34.6. The zero-order valence-corrected chi connectivity index (χ0v) is 47.1. The van der Waals surface area contributed by atoms with E-state index in [4.69, 9.17) is 15.5 Å². The molecule has 2 aliphatic heterocycles. The van der Waals surface area contributed by atoms with Crippen molar-refractivity contribution in [1.29, 1.82) is 0 Å². The fraction of sp³-hybridized carbons (Fsp3) is 0.569. The summed E-state index contributed by atoms with van der Waals surface area (Å²) in [5.41, 5.74) is 6.70. The van der Waals surface area contributed by atoms with Crippen molar-refractivity contribution in [3.63, 3.8) is 0 Å². The number of hydrogen-bond donors (Lipinski definition) is 8. The molecule has 23 heteroatoms. The van der Waals surface area contributed by atoms with Gasteiger partial charge in [-0.15, -0.1) is 0 Å². The molecule has 1 aliphatic carbocycles. The first-order chi connectivity index (χ1) is 38.5. The van der Waals surface area contributed by atoms with Crippen molar-refractivity contribution in [3.8, 4) is 11.3 Å². The molecule has 9 atom stereocenters. The molecule has 8 amide bonds. The average molecular weight is 1130 g/mol. The number of aliphatic hydroxyl groups excluding tert-OH is 2. The predicted octanol–water partition coefficient (Wildman–Crippen LogP) is 3.41. The molecule has 2 aromatic carbocycles. The Labute approximate surface area is 471 Å². The summed E-state index contributed by atoms with van der Waals surface area (Å²) < 4.78 is 36.7. The van der Waals surface area contributed by atoms with Crippen LogP contribution < -0.4 is 32.3 Å². The first-order valence-corrected chi connectivity index (χ1v) is 28.0. The Morgan fingerprint density at radius 3 is 2.23 bits per heavy atom. The maximum Gasteiger partial charge on any atom is 0.253 e. The number of aliphatic hydroxyl groups is 2. The summed E-state index contributed by atoms with van der Waals surface area (Å²) in [6, 6.07) is 7.44. The van der Waals surface area contributed by atoms with Gasteiger partial charge in [-0.2, -0.15) is 0 Å². The molecule has 21 nitrogen and oxygen atoms in total. The van der Waals surface area contributed by atoms with Crippen molar-refractivity contribution < 1.29 is 62.1 Å². The standard InChI is InChI=1S/C58H80F2N10O11/c1-34(2)49(67-45(72)21-11-8-14-28-69-46(73)24-25-47(69)74)56(79)63-35(3)53(76)66-43(50-57(80)81-50)19-12-13-27-62-54(77)38-18-15-20-42(38)65-55(78)41(61)26-29-70(48(75)33-71)51(58(4,5)6)52-64-44(39-30-37(59)22-23-40(39)60)32-68(52)31-36-16-9-7-10-17-36/h7,9-10,16-17,22-25,30,32,34-35,38,41-43,49-51,57,71,80H,8,11-15,18-21,26-29,31,33,61H2,1-6H3,(H,62,77)(H,63,79)(H,65,78)(H,66,76)(H,67,72)/t35-,38+,41-,42-,43-,49-,50?,51-,57?/m0/s1. The van der Waals surface area contributed by atoms with Crippen LogP contribution in [0.25, 0.3) is 11.3 Å². The van der Waals surface area contributed by atoms with E-state index in [0.717, 1.165) is 28.7 Å². The molecule has 2 unspecified atom stereocenters. The van der Waals surface area contributed by atoms with Gasteiger partial charge in [0, 0.05) is 62.6 Å². The highest BCUT2D eigenvalue weighted by Crippen LogP contribution is 2.40. The van der Waals surface area contributed by atoms with Gasteiger partial charge in [0.25, 0.3) is 11.8 Å². The Bertz CT molecular complexity index is 2720. The number of imidazole rings is 1. The van der Waals surface area contributed by atoms with Gasteiger partial charge < -0.3 is 56.7 Å². The SMILES string of the molecule is CC(C)[C@H](NC(=O)CCCCCN1C(=O)C=CC1=O)C(=O)N[C@@H](C)C(=O)N[C@@H](CCCCNC(=O)[C@@H]1CCC[C@@H]1NC(=O)[C@@H](N)CCN(C(=O)CO)[C@@H](c1nc(-c2cc(F)ccc2F)cn1Cc1ccccc1)C(C)(C)C)C1OC1O. The van der Waals surface area contributed by atoms with Crippen molar-refractivity contribution in [2.45, 2.75) is 167 Å². The molecule has 0 spiro atoms. The lowest BCUT2D eigenvalue weighted by molar-refractivity contribution is -0.140. The number of hydrogen-bond acceptors (Lipinski definition) is 13. The van der Waals surface area contributed by atoms with E-state index in [1.165, 1.54) is 24.0 Å². The monoisotopic (exact) mass is 1130 g/mol. The van der Waals surface area contributed by atoms with Crippen LogP contribution >= 0.6 is 0 Å². The Hall–Kier alpha value is -6.95. The van der Waals surface area contributed by atoms with Gasteiger partial charge >= 0.3 is 0 Å². The number of carbonyl (C=O) groups excluding carboxylic acids is 8. The molecule has 6 rings (SSSR count). The number of aromatic nitrogens is 2. The molecule has 1 aromatic heterocycles. The van der Waals surface area contributed by atoms with Crippen LogP contribution in [0.2, 0.25) is 0 Å². The molecule has 1 saturated carbocycles. The molecule has 3 heterocycles. The predicted molar refractivity (Wildman–Crippen MR) is 294 cm³/mol. The minimum Gasteiger partial charge on any atom is -0.387 e. The molecule has 0 bridgehead atoms. The number of benzene rings is 2. The number of nitrogens with zero attached hydrogens (tertiary/aromatic N) is 4. The zero-order chi connectivity index (χ0) is 59.1. The van der Waals surface area contributed by atoms with Crippen LogP contribution in [0.1, 0.15) is 130 Å². The van der Waals surface area contributed by atoms with Crippen LogP contribution in [0.15, 0.2) is 66.9 Å². The van der Waals surface area contributed by atoms with E-state index < -0.39 is 102 Å². The van der Waals surface area contributed by atoms with E-state index in [0.29, 0.717) is 63.6 Å². The molecular weight excluding hydrogens is 1050 g/mol. The third-order valence-corrected chi connectivity index (χ3v) is 14.9. The van der Waals surface area contributed by atoms with Crippen LogP contribution in [-0.2, 0) is 49.6 Å². The number of rotatable bonds is 30. The number of halogens is 2. The van der Waals surface area contributed by atoms with Gasteiger partial charge in [-0.05, 0) is 93.4 Å². The van der Waals surface area contributed by atoms with E-state index >= 15 is 4.39 Å². The average Bonchev–Trinajstić information content (AvgIpc) is 3.76. The van der Waals surface area contributed by atoms with Gasteiger partial charge in [-0.3, -0.25) is 43.3 Å². The van der Waals surface area contributed by atoms with Gasteiger partial charge in [0.05, 0.1) is 29.7 Å². The van der Waals surface area contributed by atoms with Crippen molar-refractivity contribution in [1.82, 2.24) is 45.9 Å². The summed E-state index contributed by atoms with van der Waals surface area (Å²) >= 11 is 0. The Balaban J connectivity index is 0.964. The molecular formula is C58H80F2N10O11. The topological polar surface area (TPSA) is 300 Å². The second kappa shape index (κ2) is 29.2. The van der Waals surface area contributed by atoms with Gasteiger partial charge in [-0.25, -0.2) is 13.8 Å². The number of nitrogens with two attached hydrogens (primary N) is 1. The number of nitrogens with one attached hydrogen (secondary N) is 5. The lowest BCUT2D eigenvalue weighted by atomic mass is 9.84. The second-order valence-electron chi connectivity index (χ2n) is 22.7. The maximum atomic E-state index is 15.2. The van der Waals surface area contributed by atoms with Crippen LogP contribution in [0.3, 0.4) is 0 Å². The summed E-state index contributed by atoms with van der Waals surface area (Å²) in [4.78, 5) is 111. The zero-order valence-electron chi connectivity index (χ0n) is 47.1. The highest BCUT2D eigenvalue weighted by atomic mass is 19.1. The lowest BCUT2D eigenvalue weighted by Crippen LogP contribution is -2.55. The number of unbranched alkanes of at least 4 members (excludes halogenated alkanes) is 3. The molecule has 81 heavy (non-hydrogen) atoms. The first kappa shape index (κ1) is 63.2. The lowest BCUT2D eigenvalue weighted by Gasteiger charge is -2.40. The van der Waals surface area contributed by atoms with Gasteiger partial charge in [0.2, 0.25) is 35.4 Å². The minimum atomic E-state index is -1.13. The number of amides is 8. The molecule has 0 radical (unpaired) electrons. The fourth-order valence-corrected chi connectivity index (χ4v) is 10.4. The summed E-state index contributed by atoms with van der Waals surface area (Å²) in [7, 11) is 0. The Morgan fingerprint density at radius 2 is 1.58 bits per heavy atom. The van der Waals surface area contributed by atoms with Crippen molar-refractivity contribution >= 4 is 47.3 Å². The summed E-state index contributed by atoms with van der Waals surface area (Å²) in [6.45, 7) is 10.5. The highest BCUT2D eigenvalue weighted by molar-refractivity contribution is 6.12. The summed E-state index contributed by atoms with van der Waals surface area (Å²) in [5.74, 6) is -5.44. The molecule has 2 fully saturated rings. The molecule has 3 aliphatic rings. The highest BCUT2D eigenvalue weighted by Gasteiger charge is 2.45. The van der Waals surface area contributed by atoms with Crippen molar-refractivity contribution in [2.75, 3.05) is 26.2 Å². The quantitative estimate of drug-likeness (QED) is 0.0270. The van der Waals surface area contributed by atoms with E-state index in [9.17, 15) is 53.0 Å². The fourth-order valence-electron chi connectivity index (χ4n) is 10.4. The Kier molecular flexibility index (Phi) is 22.8. The molecule has 9 N–H and O–H groups in total. The van der Waals surface area contributed by atoms with E-state index in [-0.39, 0.29) is 79.8 Å².